The Morgan fingerprint density at radius 2 is 1.81 bits per heavy atom. The summed E-state index contributed by atoms with van der Waals surface area (Å²) in [6.45, 7) is 9.58. The van der Waals surface area contributed by atoms with Crippen molar-refractivity contribution < 1.29 is 4.79 Å². The van der Waals surface area contributed by atoms with Gasteiger partial charge in [-0.2, -0.15) is 0 Å². The number of nitrogens with one attached hydrogen (secondary N) is 2. The number of likely N-dealkylation sites (tertiary alicyclic amines) is 1. The third kappa shape index (κ3) is 7.13. The van der Waals surface area contributed by atoms with E-state index >= 15 is 0 Å². The average Bonchev–Trinajstić information content (AvgIpc) is 2.66. The fourth-order valence-corrected chi connectivity index (χ4v) is 2.86. The van der Waals surface area contributed by atoms with E-state index in [1.807, 2.05) is 29.2 Å². The minimum atomic E-state index is 0. The molecule has 146 valence electrons. The number of carbonyl (C=O) groups is 1. The number of hydrogen-bond acceptors (Lipinski definition) is 2. The molecule has 1 atom stereocenters. The first kappa shape index (κ1) is 22.7. The molecule has 0 bridgehead atoms. The van der Waals surface area contributed by atoms with E-state index in [4.69, 9.17) is 0 Å². The summed E-state index contributed by atoms with van der Waals surface area (Å²) in [7, 11) is 0. The third-order valence-corrected chi connectivity index (χ3v) is 4.60. The van der Waals surface area contributed by atoms with Crippen LogP contribution in [0.4, 0.5) is 0 Å². The molecule has 5 nitrogen and oxygen atoms in total. The van der Waals surface area contributed by atoms with Crippen LogP contribution in [0.1, 0.15) is 62.4 Å². The van der Waals surface area contributed by atoms with Crippen LogP contribution in [0.25, 0.3) is 0 Å². The molecule has 0 saturated carbocycles. The van der Waals surface area contributed by atoms with Crippen molar-refractivity contribution in [3.8, 4) is 0 Å². The lowest BCUT2D eigenvalue weighted by molar-refractivity contribution is 0.0724. The van der Waals surface area contributed by atoms with E-state index in [0.717, 1.165) is 56.0 Å². The number of amides is 1. The second kappa shape index (κ2) is 12.1. The van der Waals surface area contributed by atoms with Gasteiger partial charge in [-0.25, -0.2) is 4.99 Å². The van der Waals surface area contributed by atoms with Crippen molar-refractivity contribution in [3.63, 3.8) is 0 Å². The molecule has 0 aliphatic carbocycles. The van der Waals surface area contributed by atoms with Crippen LogP contribution in [-0.4, -0.2) is 42.4 Å². The van der Waals surface area contributed by atoms with Crippen molar-refractivity contribution in [2.24, 2.45) is 4.99 Å². The van der Waals surface area contributed by atoms with Gasteiger partial charge in [-0.1, -0.05) is 19.1 Å². The molecule has 1 fully saturated rings. The monoisotopic (exact) mass is 472 g/mol. The van der Waals surface area contributed by atoms with Gasteiger partial charge in [-0.15, -0.1) is 24.0 Å². The fourth-order valence-electron chi connectivity index (χ4n) is 2.86. The largest absolute Gasteiger partial charge is 0.357 e. The number of hydrogen-bond donors (Lipinski definition) is 2. The molecule has 0 aromatic heterocycles. The lowest BCUT2D eigenvalue weighted by atomic mass is 10.1. The minimum absolute atomic E-state index is 0. The summed E-state index contributed by atoms with van der Waals surface area (Å²) in [5, 5.41) is 6.66. The number of nitrogens with zero attached hydrogens (tertiary/aromatic N) is 2. The van der Waals surface area contributed by atoms with Gasteiger partial charge in [0.05, 0.1) is 6.54 Å². The summed E-state index contributed by atoms with van der Waals surface area (Å²) in [5.41, 5.74) is 1.89. The van der Waals surface area contributed by atoms with E-state index in [9.17, 15) is 4.79 Å². The van der Waals surface area contributed by atoms with Crippen molar-refractivity contribution in [3.05, 3.63) is 35.4 Å². The van der Waals surface area contributed by atoms with Gasteiger partial charge >= 0.3 is 0 Å². The molecule has 2 N–H and O–H groups in total. The Kier molecular flexibility index (Phi) is 10.6. The van der Waals surface area contributed by atoms with Gasteiger partial charge in [-0.3, -0.25) is 4.79 Å². The predicted octanol–water partition coefficient (Wildman–Crippen LogP) is 3.78. The molecular formula is C20H33IN4O. The molecule has 1 unspecified atom stereocenters. The van der Waals surface area contributed by atoms with Crippen LogP contribution in [0.15, 0.2) is 29.3 Å². The lowest BCUT2D eigenvalue weighted by Gasteiger charge is -2.26. The van der Waals surface area contributed by atoms with E-state index in [2.05, 4.69) is 36.4 Å². The molecule has 1 saturated heterocycles. The third-order valence-electron chi connectivity index (χ3n) is 4.60. The molecular weight excluding hydrogens is 439 g/mol. The minimum Gasteiger partial charge on any atom is -0.357 e. The highest BCUT2D eigenvalue weighted by molar-refractivity contribution is 14.0. The maximum atomic E-state index is 12.5. The van der Waals surface area contributed by atoms with Crippen molar-refractivity contribution >= 4 is 35.8 Å². The number of carbonyl (C=O) groups excluding carboxylic acids is 1. The van der Waals surface area contributed by atoms with E-state index in [-0.39, 0.29) is 29.9 Å². The molecule has 2 rings (SSSR count). The zero-order chi connectivity index (χ0) is 18.1. The van der Waals surface area contributed by atoms with Gasteiger partial charge in [-0.05, 0) is 57.2 Å². The summed E-state index contributed by atoms with van der Waals surface area (Å²) in [4.78, 5) is 19.1. The smallest absolute Gasteiger partial charge is 0.253 e. The maximum absolute atomic E-state index is 12.5. The highest BCUT2D eigenvalue weighted by Gasteiger charge is 2.17. The van der Waals surface area contributed by atoms with Crippen LogP contribution < -0.4 is 10.6 Å². The van der Waals surface area contributed by atoms with Crippen molar-refractivity contribution in [1.29, 1.82) is 0 Å². The summed E-state index contributed by atoms with van der Waals surface area (Å²) < 4.78 is 0. The van der Waals surface area contributed by atoms with E-state index in [1.165, 1.54) is 6.42 Å². The number of benzene rings is 1. The van der Waals surface area contributed by atoms with Crippen molar-refractivity contribution in [1.82, 2.24) is 15.5 Å². The zero-order valence-corrected chi connectivity index (χ0v) is 18.6. The van der Waals surface area contributed by atoms with Crippen LogP contribution in [-0.2, 0) is 6.54 Å². The number of guanidine groups is 1. The van der Waals surface area contributed by atoms with Crippen LogP contribution in [0, 0.1) is 0 Å². The first-order chi connectivity index (χ1) is 12.1. The van der Waals surface area contributed by atoms with Gasteiger partial charge in [0.25, 0.3) is 5.91 Å². The SMILES string of the molecule is CCNC(=NCc1ccc(C(=O)N2CCCCC2)cc1)NC(C)CC.I. The molecule has 1 aromatic rings. The summed E-state index contributed by atoms with van der Waals surface area (Å²) >= 11 is 0. The topological polar surface area (TPSA) is 56.7 Å². The standard InChI is InChI=1S/C20H32N4O.HI/c1-4-16(3)23-20(21-5-2)22-15-17-9-11-18(12-10-17)19(25)24-13-7-6-8-14-24;/h9-12,16H,4-8,13-15H2,1-3H3,(H2,21,22,23);1H. The highest BCUT2D eigenvalue weighted by atomic mass is 127. The number of aliphatic imine (C=N–C) groups is 1. The summed E-state index contributed by atoms with van der Waals surface area (Å²) in [5.74, 6) is 0.992. The molecule has 1 aliphatic rings. The lowest BCUT2D eigenvalue weighted by Crippen LogP contribution is -2.41. The van der Waals surface area contributed by atoms with Crippen LogP contribution in [0.3, 0.4) is 0 Å². The Bertz CT molecular complexity index is 568. The number of piperidine rings is 1. The van der Waals surface area contributed by atoms with Gasteiger partial charge in [0.1, 0.15) is 0 Å². The summed E-state index contributed by atoms with van der Waals surface area (Å²) in [6.07, 6.45) is 4.53. The Morgan fingerprint density at radius 1 is 1.15 bits per heavy atom. The number of rotatable bonds is 6. The van der Waals surface area contributed by atoms with Gasteiger partial charge < -0.3 is 15.5 Å². The first-order valence-electron chi connectivity index (χ1n) is 9.57. The Balaban J connectivity index is 0.00000338. The van der Waals surface area contributed by atoms with Gasteiger partial charge in [0.15, 0.2) is 5.96 Å². The molecule has 0 radical (unpaired) electrons. The second-order valence-corrected chi connectivity index (χ2v) is 6.70. The summed E-state index contributed by atoms with van der Waals surface area (Å²) in [6, 6.07) is 8.26. The van der Waals surface area contributed by atoms with Crippen molar-refractivity contribution in [2.75, 3.05) is 19.6 Å². The molecule has 26 heavy (non-hydrogen) atoms. The molecule has 0 spiro atoms. The van der Waals surface area contributed by atoms with E-state index < -0.39 is 0 Å². The normalized spacial score (nSPS) is 15.8. The fraction of sp³-hybridized carbons (Fsp3) is 0.600. The quantitative estimate of drug-likeness (QED) is 0.377. The predicted molar refractivity (Wildman–Crippen MR) is 119 cm³/mol. The second-order valence-electron chi connectivity index (χ2n) is 6.70. The highest BCUT2D eigenvalue weighted by Crippen LogP contribution is 2.14. The Labute approximate surface area is 175 Å². The van der Waals surface area contributed by atoms with Crippen LogP contribution in [0.5, 0.6) is 0 Å². The van der Waals surface area contributed by atoms with Crippen LogP contribution in [0.2, 0.25) is 0 Å². The van der Waals surface area contributed by atoms with Gasteiger partial charge in [0, 0.05) is 31.2 Å². The first-order valence-corrected chi connectivity index (χ1v) is 9.57. The molecule has 1 heterocycles. The molecule has 1 aliphatic heterocycles. The Hall–Kier alpha value is -1.31. The maximum Gasteiger partial charge on any atom is 0.253 e. The van der Waals surface area contributed by atoms with E-state index in [0.29, 0.717) is 12.6 Å². The van der Waals surface area contributed by atoms with Gasteiger partial charge in [0.2, 0.25) is 0 Å². The van der Waals surface area contributed by atoms with Crippen molar-refractivity contribution in [2.45, 2.75) is 59.0 Å². The average molecular weight is 472 g/mol. The molecule has 1 amide bonds. The Morgan fingerprint density at radius 3 is 2.38 bits per heavy atom. The molecule has 1 aromatic carbocycles. The van der Waals surface area contributed by atoms with Crippen LogP contribution >= 0.6 is 24.0 Å². The number of halogens is 1. The molecule has 6 heteroatoms. The zero-order valence-electron chi connectivity index (χ0n) is 16.3. The van der Waals surface area contributed by atoms with E-state index in [1.54, 1.807) is 0 Å².